The van der Waals surface area contributed by atoms with Crippen LogP contribution in [0.4, 0.5) is 0 Å². The summed E-state index contributed by atoms with van der Waals surface area (Å²) in [5, 5.41) is 3.15. The second-order valence-corrected chi connectivity index (χ2v) is 16.6. The highest BCUT2D eigenvalue weighted by molar-refractivity contribution is 5.76. The van der Waals surface area contributed by atoms with Gasteiger partial charge >= 0.3 is 11.9 Å². The van der Waals surface area contributed by atoms with Crippen molar-refractivity contribution >= 4 is 17.8 Å². The summed E-state index contributed by atoms with van der Waals surface area (Å²) in [6.45, 7) is 14.8. The molecule has 0 atom stereocenters. The van der Waals surface area contributed by atoms with E-state index in [-0.39, 0.29) is 35.7 Å². The topological polar surface area (TPSA) is 103 Å². The van der Waals surface area contributed by atoms with E-state index < -0.39 is 0 Å². The zero-order valence-electron chi connectivity index (χ0n) is 37.2. The fraction of sp³-hybridized carbons (Fsp3) is 0.936. The highest BCUT2D eigenvalue weighted by Gasteiger charge is 2.21. The van der Waals surface area contributed by atoms with Crippen molar-refractivity contribution in [3.05, 3.63) is 0 Å². The van der Waals surface area contributed by atoms with Crippen LogP contribution in [0.25, 0.3) is 0 Å². The predicted octanol–water partition coefficient (Wildman–Crippen LogP) is 11.1. The van der Waals surface area contributed by atoms with Crippen LogP contribution in [0.5, 0.6) is 0 Å². The van der Waals surface area contributed by atoms with Gasteiger partial charge < -0.3 is 29.2 Å². The van der Waals surface area contributed by atoms with Gasteiger partial charge in [-0.15, -0.1) is 0 Å². The molecule has 1 rings (SSSR count). The van der Waals surface area contributed by atoms with Crippen LogP contribution in [0, 0.1) is 11.8 Å². The summed E-state index contributed by atoms with van der Waals surface area (Å²) in [4.78, 5) is 41.1. The van der Waals surface area contributed by atoms with E-state index in [0.29, 0.717) is 46.1 Å². The van der Waals surface area contributed by atoms with E-state index in [1.807, 2.05) is 0 Å². The molecule has 0 unspecified atom stereocenters. The van der Waals surface area contributed by atoms with Gasteiger partial charge in [-0.2, -0.15) is 0 Å². The Morgan fingerprint density at radius 3 is 1.29 bits per heavy atom. The third-order valence-electron chi connectivity index (χ3n) is 11.2. The zero-order valence-corrected chi connectivity index (χ0v) is 37.2. The van der Waals surface area contributed by atoms with Crippen molar-refractivity contribution in [3.63, 3.8) is 0 Å². The molecule has 1 saturated heterocycles. The monoisotopic (exact) mass is 795 g/mol. The van der Waals surface area contributed by atoms with Crippen molar-refractivity contribution in [2.75, 3.05) is 59.3 Å². The molecule has 0 bridgehead atoms. The first-order valence-corrected chi connectivity index (χ1v) is 23.9. The summed E-state index contributed by atoms with van der Waals surface area (Å²) in [6, 6.07) is -0.229. The smallest absolute Gasteiger partial charge is 0.308 e. The number of nitrogens with one attached hydrogen (secondary N) is 1. The number of ether oxygens (including phenoxy) is 4. The quantitative estimate of drug-likeness (QED) is 0.0482. The van der Waals surface area contributed by atoms with Gasteiger partial charge in [0, 0.05) is 19.6 Å². The van der Waals surface area contributed by atoms with Gasteiger partial charge in [-0.1, -0.05) is 130 Å². The summed E-state index contributed by atoms with van der Waals surface area (Å²) >= 11 is 0. The van der Waals surface area contributed by atoms with E-state index in [1.165, 1.54) is 89.9 Å². The van der Waals surface area contributed by atoms with E-state index >= 15 is 0 Å². The number of unbranched alkanes of at least 4 members (excludes halogenated alkanes) is 14. The minimum atomic E-state index is -0.229. The van der Waals surface area contributed by atoms with Crippen molar-refractivity contribution in [2.24, 2.45) is 11.8 Å². The van der Waals surface area contributed by atoms with Crippen LogP contribution < -0.4 is 5.32 Å². The first-order chi connectivity index (χ1) is 27.4. The molecule has 9 nitrogen and oxygen atoms in total. The van der Waals surface area contributed by atoms with Crippen molar-refractivity contribution in [1.82, 2.24) is 10.2 Å². The molecule has 0 aromatic rings. The number of carbonyl (C=O) groups is 3. The minimum absolute atomic E-state index is 0.0253. The largest absolute Gasteiger partial charge is 0.465 e. The Bertz CT molecular complexity index is 835. The molecule has 0 aromatic carbocycles. The van der Waals surface area contributed by atoms with Crippen LogP contribution in [0.2, 0.25) is 0 Å². The van der Waals surface area contributed by atoms with Crippen LogP contribution in [-0.4, -0.2) is 88.1 Å². The minimum Gasteiger partial charge on any atom is -0.465 e. The average molecular weight is 795 g/mol. The predicted molar refractivity (Wildman–Crippen MR) is 231 cm³/mol. The molecule has 0 aliphatic carbocycles. The Hall–Kier alpha value is -1.71. The lowest BCUT2D eigenvalue weighted by Gasteiger charge is -2.20. The highest BCUT2D eigenvalue weighted by Crippen LogP contribution is 2.22. The SMILES string of the molecule is CCCCCCC(CCCCCC)C(=O)OCCCCOCC(COCCCCOC(=O)C(CCCCCC)CCCCCC)NC(=O)CCCN1CCCC1. The third-order valence-corrected chi connectivity index (χ3v) is 11.2. The van der Waals surface area contributed by atoms with Crippen LogP contribution in [0.3, 0.4) is 0 Å². The standard InChI is InChI=1S/C47H90N2O7/c1-5-9-13-17-28-42(29-18-14-10-6-2)46(51)55-38-25-23-36-53-40-44(48-45(50)32-27-35-49-33-21-22-34-49)41-54-37-24-26-39-56-47(52)43(30-19-15-11-7-3)31-20-16-12-8-4/h42-44H,5-41H2,1-4H3,(H,48,50). The number of likely N-dealkylation sites (tertiary alicyclic amines) is 1. The molecular formula is C47H90N2O7. The van der Waals surface area contributed by atoms with Crippen molar-refractivity contribution in [1.29, 1.82) is 0 Å². The lowest BCUT2D eigenvalue weighted by Crippen LogP contribution is -2.42. The first-order valence-electron chi connectivity index (χ1n) is 23.9. The van der Waals surface area contributed by atoms with Crippen molar-refractivity contribution in [2.45, 2.75) is 214 Å². The molecule has 1 heterocycles. The number of esters is 2. The van der Waals surface area contributed by atoms with Gasteiger partial charge in [-0.25, -0.2) is 0 Å². The number of hydrogen-bond acceptors (Lipinski definition) is 8. The Morgan fingerprint density at radius 1 is 0.500 bits per heavy atom. The Balaban J connectivity index is 2.44. The number of nitrogens with zero attached hydrogens (tertiary/aromatic N) is 1. The lowest BCUT2D eigenvalue weighted by atomic mass is 9.94. The summed E-state index contributed by atoms with van der Waals surface area (Å²) in [5.41, 5.74) is 0. The second-order valence-electron chi connectivity index (χ2n) is 16.6. The molecule has 1 N–H and O–H groups in total. The number of carbonyl (C=O) groups excluding carboxylic acids is 3. The molecule has 0 saturated carbocycles. The maximum Gasteiger partial charge on any atom is 0.308 e. The van der Waals surface area contributed by atoms with Gasteiger partial charge in [0.2, 0.25) is 5.91 Å². The van der Waals surface area contributed by atoms with E-state index in [9.17, 15) is 14.4 Å². The molecule has 1 aliphatic rings. The Morgan fingerprint density at radius 2 is 0.893 bits per heavy atom. The molecule has 0 radical (unpaired) electrons. The Labute approximate surface area is 345 Å². The second kappa shape index (κ2) is 38.8. The summed E-state index contributed by atoms with van der Waals surface area (Å²) in [5.74, 6) is 0.0377. The maximum absolute atomic E-state index is 12.9. The molecule has 1 aliphatic heterocycles. The average Bonchev–Trinajstić information content (AvgIpc) is 3.72. The highest BCUT2D eigenvalue weighted by atomic mass is 16.5. The summed E-state index contributed by atoms with van der Waals surface area (Å²) in [7, 11) is 0. The van der Waals surface area contributed by atoms with Crippen LogP contribution >= 0.6 is 0 Å². The van der Waals surface area contributed by atoms with Gasteiger partial charge in [0.05, 0.1) is 44.3 Å². The molecular weight excluding hydrogens is 705 g/mol. The van der Waals surface area contributed by atoms with Gasteiger partial charge in [0.1, 0.15) is 0 Å². The first kappa shape index (κ1) is 52.3. The van der Waals surface area contributed by atoms with Crippen molar-refractivity contribution < 1.29 is 33.3 Å². The number of rotatable bonds is 41. The third kappa shape index (κ3) is 30.4. The Kier molecular flexibility index (Phi) is 36.2. The van der Waals surface area contributed by atoms with Crippen LogP contribution in [0.1, 0.15) is 207 Å². The molecule has 56 heavy (non-hydrogen) atoms. The van der Waals surface area contributed by atoms with Crippen LogP contribution in [0.15, 0.2) is 0 Å². The van der Waals surface area contributed by atoms with E-state index in [0.717, 1.165) is 103 Å². The van der Waals surface area contributed by atoms with E-state index in [1.54, 1.807) is 0 Å². The molecule has 0 spiro atoms. The molecule has 1 amide bonds. The molecule has 1 fully saturated rings. The molecule has 9 heteroatoms. The fourth-order valence-corrected chi connectivity index (χ4v) is 7.58. The van der Waals surface area contributed by atoms with E-state index in [4.69, 9.17) is 18.9 Å². The fourth-order valence-electron chi connectivity index (χ4n) is 7.58. The van der Waals surface area contributed by atoms with E-state index in [2.05, 4.69) is 37.9 Å². The number of hydrogen-bond donors (Lipinski definition) is 1. The van der Waals surface area contributed by atoms with Gasteiger partial charge in [0.15, 0.2) is 0 Å². The van der Waals surface area contributed by atoms with Gasteiger partial charge in [-0.05, 0) is 90.3 Å². The lowest BCUT2D eigenvalue weighted by molar-refractivity contribution is -0.150. The van der Waals surface area contributed by atoms with Gasteiger partial charge in [-0.3, -0.25) is 14.4 Å². The summed E-state index contributed by atoms with van der Waals surface area (Å²) in [6.07, 6.45) is 29.6. The zero-order chi connectivity index (χ0) is 40.7. The van der Waals surface area contributed by atoms with Gasteiger partial charge in [0.25, 0.3) is 0 Å². The summed E-state index contributed by atoms with van der Waals surface area (Å²) < 4.78 is 23.5. The van der Waals surface area contributed by atoms with Crippen molar-refractivity contribution in [3.8, 4) is 0 Å². The number of amides is 1. The molecule has 0 aromatic heterocycles. The normalized spacial score (nSPS) is 13.3. The molecule has 330 valence electrons. The van der Waals surface area contributed by atoms with Crippen LogP contribution in [-0.2, 0) is 33.3 Å². The maximum atomic E-state index is 12.9.